The minimum atomic E-state index is -0.532. The fraction of sp³-hybridized carbons (Fsp3) is 0.630. The largest absolute Gasteiger partial charge is 0.356 e. The third kappa shape index (κ3) is 14.1. The summed E-state index contributed by atoms with van der Waals surface area (Å²) in [4.78, 5) is 70.9. The lowest BCUT2D eigenvalue weighted by atomic mass is 9.84. The number of carbonyl (C=O) groups is 4. The predicted octanol–water partition coefficient (Wildman–Crippen LogP) is 15.0. The smallest absolute Gasteiger partial charge is 0.233 e. The molecular weight excluding hydrogens is 1190 g/mol. The van der Waals surface area contributed by atoms with Crippen molar-refractivity contribution in [1.82, 2.24) is 35.6 Å². The van der Waals surface area contributed by atoms with Crippen LogP contribution in [0.25, 0.3) is 21.5 Å². The Morgan fingerprint density at radius 2 is 1.06 bits per heavy atom. The van der Waals surface area contributed by atoms with Gasteiger partial charge in [0.05, 0.1) is 22.2 Å². The molecule has 482 valence electrons. The number of alkyl halides is 1. The molecule has 3 aromatic heterocycles. The molecule has 16 heteroatoms. The van der Waals surface area contributed by atoms with Crippen molar-refractivity contribution in [3.63, 3.8) is 0 Å². The quantitative estimate of drug-likeness (QED) is 0.0725. The lowest BCUT2D eigenvalue weighted by Gasteiger charge is -2.33. The molecule has 2 aromatic carbocycles. The number of nitrogens with zero attached hydrogens (tertiary/aromatic N) is 4. The summed E-state index contributed by atoms with van der Waals surface area (Å²) in [6, 6.07) is 19.9. The van der Waals surface area contributed by atoms with Gasteiger partial charge in [0.1, 0.15) is 9.83 Å². The summed E-state index contributed by atoms with van der Waals surface area (Å²) in [6.45, 7) is 24.0. The zero-order valence-corrected chi connectivity index (χ0v) is 57.6. The van der Waals surface area contributed by atoms with Crippen molar-refractivity contribution in [1.29, 1.82) is 0 Å². The summed E-state index contributed by atoms with van der Waals surface area (Å²) in [6.07, 6.45) is 21.7. The van der Waals surface area contributed by atoms with Crippen LogP contribution in [0, 0.1) is 51.4 Å². The molecule has 4 amide bonds. The number of aromatic amines is 1. The van der Waals surface area contributed by atoms with Crippen LogP contribution in [0.5, 0.6) is 0 Å². The molecule has 9 aliphatic rings. The van der Waals surface area contributed by atoms with E-state index in [1.807, 2.05) is 0 Å². The van der Waals surface area contributed by atoms with Crippen LogP contribution in [0.3, 0.4) is 0 Å². The van der Waals surface area contributed by atoms with Crippen LogP contribution in [0.1, 0.15) is 204 Å². The second-order valence-electron chi connectivity index (χ2n) is 29.2. The molecule has 2 saturated carbocycles. The molecule has 1 unspecified atom stereocenters. The van der Waals surface area contributed by atoms with Gasteiger partial charge in [0.15, 0.2) is 0 Å². The molecule has 7 aliphatic heterocycles. The Kier molecular flexibility index (Phi) is 20.7. The highest BCUT2D eigenvalue weighted by molar-refractivity contribution is 7.19. The number of hydrogen-bond donors (Lipinski definition) is 4. The van der Waals surface area contributed by atoms with Gasteiger partial charge in [-0.1, -0.05) is 59.4 Å². The van der Waals surface area contributed by atoms with Crippen LogP contribution in [0.15, 0.2) is 53.5 Å². The molecule has 8 fully saturated rings. The van der Waals surface area contributed by atoms with E-state index >= 15 is 0 Å². The average molecular weight is 1290 g/mol. The van der Waals surface area contributed by atoms with E-state index in [4.69, 9.17) is 16.6 Å². The number of halogens is 2. The molecule has 12 nitrogen and oxygen atoms in total. The Bertz CT molecular complexity index is 3310. The van der Waals surface area contributed by atoms with Gasteiger partial charge in [-0.05, 0) is 244 Å². The first kappa shape index (κ1) is 65.9. The lowest BCUT2D eigenvalue weighted by Crippen LogP contribution is -2.45. The van der Waals surface area contributed by atoms with Crippen LogP contribution in [-0.2, 0) is 36.6 Å². The molecule has 10 heterocycles. The molecule has 6 saturated heterocycles. The first-order valence-electron chi connectivity index (χ1n) is 34.1. The maximum absolute atomic E-state index is 14.0. The maximum atomic E-state index is 14.0. The number of piperidine rings is 2. The Hall–Kier alpha value is -4.57. The third-order valence-corrected chi connectivity index (χ3v) is 25.0. The Morgan fingerprint density at radius 3 is 1.52 bits per heavy atom. The van der Waals surface area contributed by atoms with E-state index in [9.17, 15) is 19.2 Å². The number of likely N-dealkylation sites (tertiary alicyclic amines) is 1. The predicted molar refractivity (Wildman–Crippen MR) is 369 cm³/mol. The van der Waals surface area contributed by atoms with Gasteiger partial charge in [-0.2, -0.15) is 0 Å². The second kappa shape index (κ2) is 27.9. The number of hydrogen-bond acceptors (Lipinski definition) is 9. The molecular formula is C73H100Cl2N8O4S2. The van der Waals surface area contributed by atoms with E-state index in [0.29, 0.717) is 65.5 Å². The van der Waals surface area contributed by atoms with Gasteiger partial charge in [0.25, 0.3) is 0 Å². The van der Waals surface area contributed by atoms with Crippen molar-refractivity contribution >= 4 is 91.2 Å². The maximum Gasteiger partial charge on any atom is 0.233 e. The number of benzene rings is 2. The molecule has 4 bridgehead atoms. The van der Waals surface area contributed by atoms with Crippen molar-refractivity contribution in [2.75, 3.05) is 45.1 Å². The Balaban J connectivity index is 0.000000154. The number of carbonyl (C=O) groups excluding carboxylic acids is 4. The van der Waals surface area contributed by atoms with Crippen LogP contribution in [0.2, 0.25) is 0 Å². The highest BCUT2D eigenvalue weighted by Gasteiger charge is 2.49. The van der Waals surface area contributed by atoms with Crippen molar-refractivity contribution in [3.8, 4) is 11.3 Å². The first-order chi connectivity index (χ1) is 42.3. The first-order valence-corrected chi connectivity index (χ1v) is 36.2. The van der Waals surface area contributed by atoms with Crippen LogP contribution in [0.4, 0.5) is 5.00 Å². The summed E-state index contributed by atoms with van der Waals surface area (Å²) in [7, 11) is 0. The molecule has 14 rings (SSSR count). The normalized spacial score (nSPS) is 23.7. The van der Waals surface area contributed by atoms with Gasteiger partial charge < -0.3 is 30.7 Å². The van der Waals surface area contributed by atoms with E-state index in [2.05, 4.69) is 140 Å². The van der Waals surface area contributed by atoms with Crippen molar-refractivity contribution in [3.05, 3.63) is 97.2 Å². The summed E-state index contributed by atoms with van der Waals surface area (Å²) in [5, 5.41) is 12.0. The van der Waals surface area contributed by atoms with E-state index in [-0.39, 0.29) is 30.2 Å². The minimum Gasteiger partial charge on any atom is -0.356 e. The molecule has 0 radical (unpaired) electrons. The SMILES string of the molecule is Cc1cc(C)cc(-c2[nH]c3sc(C(C)(C)C(=O)N4C5CCC4CC5)cc3c2CN2CCC(CNC(=O)C3CCC3)CC2)c1.Cc1cc(C)cc(C2=Nc3sc(C(C)(C)C(=O)N4C5CCC4CC5)cc3C2CCCl)c1.Cl.O=C(NCC1CCNCC1)C1CCC1. The molecule has 4 N–H and O–H groups in total. The third-order valence-electron chi connectivity index (χ3n) is 22.0. The van der Waals surface area contributed by atoms with E-state index in [1.54, 1.807) is 22.7 Å². The van der Waals surface area contributed by atoms with Gasteiger partial charge in [-0.25, -0.2) is 4.99 Å². The number of aryl methyl sites for hydroxylation is 4. The Labute approximate surface area is 549 Å². The van der Waals surface area contributed by atoms with E-state index in [0.717, 1.165) is 106 Å². The standard InChI is InChI=1S/C36H48N4O2S.C26H31ClN2OS.C11H20N2O.ClH/c1-22-16-23(2)18-26(17-22)32-30(21-39-14-12-24(13-15-39)20-37-33(41)25-6-5-7-25)29-19-31(43-34(29)38-32)36(3,4)35(42)40-27-8-9-28(40)11-10-27;1-15-11-16(2)13-17(12-15)23-20(9-10-27)21-14-22(31-24(21)28-23)26(3,4)25(30)29-18-5-6-19(29)8-7-18;14-11(10-2-1-3-10)13-8-9-4-6-12-7-5-9;/h16-19,24-25,27-28,38H,5-15,20-21H2,1-4H3,(H,37,41);11-14,18-20H,5-10H2,1-4H3;9-10,12H,1-8H2,(H,13,14);1H. The van der Waals surface area contributed by atoms with Crippen LogP contribution in [-0.4, -0.2) is 118 Å². The second-order valence-corrected chi connectivity index (χ2v) is 31.7. The number of H-pyrrole nitrogens is 1. The average Bonchev–Trinajstić information content (AvgIpc) is 1.61. The lowest BCUT2D eigenvalue weighted by molar-refractivity contribution is -0.138. The van der Waals surface area contributed by atoms with Crippen LogP contribution < -0.4 is 16.0 Å². The number of rotatable bonds is 16. The fourth-order valence-electron chi connectivity index (χ4n) is 16.2. The van der Waals surface area contributed by atoms with Gasteiger partial charge in [0.2, 0.25) is 23.6 Å². The molecule has 2 aliphatic carbocycles. The topological polar surface area (TPSA) is 142 Å². The Morgan fingerprint density at radius 1 is 0.596 bits per heavy atom. The monoisotopic (exact) mass is 1290 g/mol. The van der Waals surface area contributed by atoms with Gasteiger partial charge >= 0.3 is 0 Å². The molecule has 5 aromatic rings. The van der Waals surface area contributed by atoms with E-state index < -0.39 is 10.8 Å². The van der Waals surface area contributed by atoms with Crippen molar-refractivity contribution in [2.45, 2.75) is 225 Å². The number of fused-ring (bicyclic) bond motifs is 6. The number of aliphatic imine (C=N–C) groups is 1. The number of amides is 4. The van der Waals surface area contributed by atoms with E-state index in [1.165, 1.54) is 142 Å². The summed E-state index contributed by atoms with van der Waals surface area (Å²) in [5.41, 5.74) is 11.4. The number of aromatic nitrogens is 1. The number of thiophene rings is 2. The fourth-order valence-corrected chi connectivity index (χ4v) is 18.8. The number of nitrogens with one attached hydrogen (secondary N) is 4. The van der Waals surface area contributed by atoms with Gasteiger partial charge in [-0.3, -0.25) is 24.1 Å². The van der Waals surface area contributed by atoms with Gasteiger partial charge in [0, 0.05) is 88.1 Å². The minimum absolute atomic E-state index is 0. The summed E-state index contributed by atoms with van der Waals surface area (Å²) < 4.78 is 0. The highest BCUT2D eigenvalue weighted by Crippen LogP contribution is 2.51. The molecule has 0 spiro atoms. The molecule has 89 heavy (non-hydrogen) atoms. The van der Waals surface area contributed by atoms with Gasteiger partial charge in [-0.15, -0.1) is 46.7 Å². The molecule has 1 atom stereocenters. The summed E-state index contributed by atoms with van der Waals surface area (Å²) in [5.74, 6) is 3.85. The summed E-state index contributed by atoms with van der Waals surface area (Å²) >= 11 is 9.69. The van der Waals surface area contributed by atoms with Crippen molar-refractivity contribution in [2.24, 2.45) is 28.7 Å². The van der Waals surface area contributed by atoms with Crippen molar-refractivity contribution < 1.29 is 19.2 Å². The van der Waals surface area contributed by atoms with Crippen LogP contribution >= 0.6 is 46.7 Å². The zero-order chi connectivity index (χ0) is 61.6. The highest BCUT2D eigenvalue weighted by atomic mass is 35.5. The zero-order valence-electron chi connectivity index (χ0n) is 54.4.